The van der Waals surface area contributed by atoms with Gasteiger partial charge in [0.1, 0.15) is 5.82 Å². The van der Waals surface area contributed by atoms with Crippen molar-refractivity contribution in [2.24, 2.45) is 0 Å². The number of carbonyl (C=O) groups is 1. The molecule has 134 valence electrons. The molecule has 0 fully saturated rings. The molecular weight excluding hydrogens is 327 g/mol. The number of halogens is 1. The van der Waals surface area contributed by atoms with E-state index in [1.54, 1.807) is 24.1 Å². The Balaban J connectivity index is 1.58. The predicted octanol–water partition coefficient (Wildman–Crippen LogP) is 4.97. The molecule has 0 aliphatic rings. The van der Waals surface area contributed by atoms with Crippen LogP contribution in [0.2, 0.25) is 0 Å². The van der Waals surface area contributed by atoms with Crippen molar-refractivity contribution < 1.29 is 9.18 Å². The van der Waals surface area contributed by atoms with Gasteiger partial charge in [0.25, 0.3) is 0 Å². The maximum atomic E-state index is 13.1. The zero-order valence-electron chi connectivity index (χ0n) is 15.1. The van der Waals surface area contributed by atoms with Gasteiger partial charge in [-0.2, -0.15) is 0 Å². The topological polar surface area (TPSA) is 36.1 Å². The van der Waals surface area contributed by atoms with Crippen molar-refractivity contribution in [3.05, 3.63) is 83.8 Å². The Morgan fingerprint density at radius 3 is 2.42 bits per heavy atom. The van der Waals surface area contributed by atoms with E-state index in [-0.39, 0.29) is 17.8 Å². The second-order valence-electron chi connectivity index (χ2n) is 6.50. The molecular formula is C22H23FN2O. The smallest absolute Gasteiger partial charge is 0.223 e. The number of H-pyrrole nitrogens is 1. The molecule has 0 unspecified atom stereocenters. The summed E-state index contributed by atoms with van der Waals surface area (Å²) >= 11 is 0. The molecule has 3 nitrogen and oxygen atoms in total. The van der Waals surface area contributed by atoms with Crippen molar-refractivity contribution in [3.8, 4) is 11.3 Å². The van der Waals surface area contributed by atoms with Gasteiger partial charge in [0.15, 0.2) is 0 Å². The van der Waals surface area contributed by atoms with Crippen molar-refractivity contribution >= 4 is 5.91 Å². The Morgan fingerprint density at radius 2 is 1.73 bits per heavy atom. The van der Waals surface area contributed by atoms with Crippen LogP contribution in [-0.2, 0) is 11.2 Å². The van der Waals surface area contributed by atoms with Gasteiger partial charge in [-0.25, -0.2) is 4.39 Å². The molecule has 2 aromatic carbocycles. The Morgan fingerprint density at radius 1 is 1.04 bits per heavy atom. The third-order valence-electron chi connectivity index (χ3n) is 4.77. The Hall–Kier alpha value is -2.88. The molecule has 1 heterocycles. The molecule has 0 radical (unpaired) electrons. The van der Waals surface area contributed by atoms with Gasteiger partial charge in [0.2, 0.25) is 5.91 Å². The van der Waals surface area contributed by atoms with Crippen molar-refractivity contribution in [2.75, 3.05) is 7.05 Å². The number of rotatable bonds is 6. The van der Waals surface area contributed by atoms with Crippen molar-refractivity contribution in [3.63, 3.8) is 0 Å². The van der Waals surface area contributed by atoms with Gasteiger partial charge in [-0.05, 0) is 48.7 Å². The van der Waals surface area contributed by atoms with E-state index in [0.717, 1.165) is 22.5 Å². The lowest BCUT2D eigenvalue weighted by Gasteiger charge is -2.25. The monoisotopic (exact) mass is 350 g/mol. The normalized spacial score (nSPS) is 12.0. The first-order valence-electron chi connectivity index (χ1n) is 8.79. The first-order valence-corrected chi connectivity index (χ1v) is 8.79. The maximum Gasteiger partial charge on any atom is 0.223 e. The molecule has 4 heteroatoms. The van der Waals surface area contributed by atoms with E-state index in [2.05, 4.69) is 17.1 Å². The fraction of sp³-hybridized carbons (Fsp3) is 0.227. The van der Waals surface area contributed by atoms with Gasteiger partial charge in [-0.1, -0.05) is 42.5 Å². The average Bonchev–Trinajstić information content (AvgIpc) is 3.15. The first kappa shape index (κ1) is 17.9. The van der Waals surface area contributed by atoms with E-state index in [4.69, 9.17) is 0 Å². The standard InChI is InChI=1S/C22H23FN2O/c1-16(17-8-10-19(23)11-9-17)25(2)22(26)15-13-20-12-14-21(24-20)18-6-4-3-5-7-18/h3-12,14,16,24H,13,15H2,1-2H3/t16-/m1/s1. The van der Waals surface area contributed by atoms with Gasteiger partial charge in [-0.3, -0.25) is 4.79 Å². The summed E-state index contributed by atoms with van der Waals surface area (Å²) in [6.07, 6.45) is 1.09. The number of hydrogen-bond acceptors (Lipinski definition) is 1. The SMILES string of the molecule is C[C@H](c1ccc(F)cc1)N(C)C(=O)CCc1ccc(-c2ccccc2)[nH]1. The Labute approximate surface area is 153 Å². The van der Waals surface area contributed by atoms with E-state index in [1.165, 1.54) is 12.1 Å². The van der Waals surface area contributed by atoms with E-state index in [0.29, 0.717) is 12.8 Å². The lowest BCUT2D eigenvalue weighted by Crippen LogP contribution is -2.29. The number of carbonyl (C=O) groups excluding carboxylic acids is 1. The molecule has 0 saturated carbocycles. The molecule has 0 aliphatic carbocycles. The molecule has 1 N–H and O–H groups in total. The number of aryl methyl sites for hydroxylation is 1. The summed E-state index contributed by atoms with van der Waals surface area (Å²) in [5.74, 6) is -0.200. The zero-order valence-corrected chi connectivity index (χ0v) is 15.1. The van der Waals surface area contributed by atoms with Gasteiger partial charge in [0.05, 0.1) is 6.04 Å². The summed E-state index contributed by atoms with van der Waals surface area (Å²) in [5, 5.41) is 0. The van der Waals surface area contributed by atoms with Crippen molar-refractivity contribution in [1.29, 1.82) is 0 Å². The first-order chi connectivity index (χ1) is 12.5. The van der Waals surface area contributed by atoms with Crippen LogP contribution in [0.3, 0.4) is 0 Å². The minimum absolute atomic E-state index is 0.0673. The summed E-state index contributed by atoms with van der Waals surface area (Å²) in [6.45, 7) is 1.95. The van der Waals surface area contributed by atoms with Crippen LogP contribution in [0.25, 0.3) is 11.3 Å². The van der Waals surface area contributed by atoms with Crippen molar-refractivity contribution in [1.82, 2.24) is 9.88 Å². The summed E-state index contributed by atoms with van der Waals surface area (Å²) in [6, 6.07) is 20.4. The van der Waals surface area contributed by atoms with Gasteiger partial charge in [0, 0.05) is 24.9 Å². The number of aromatic amines is 1. The largest absolute Gasteiger partial charge is 0.358 e. The maximum absolute atomic E-state index is 13.1. The van der Waals surface area contributed by atoms with Crippen molar-refractivity contribution in [2.45, 2.75) is 25.8 Å². The molecule has 0 saturated heterocycles. The van der Waals surface area contributed by atoms with E-state index < -0.39 is 0 Å². The molecule has 3 aromatic rings. The molecule has 26 heavy (non-hydrogen) atoms. The second-order valence-corrected chi connectivity index (χ2v) is 6.50. The fourth-order valence-electron chi connectivity index (χ4n) is 2.97. The van der Waals surface area contributed by atoms with Crippen LogP contribution in [0, 0.1) is 5.82 Å². The van der Waals surface area contributed by atoms with E-state index in [1.807, 2.05) is 37.3 Å². The average molecular weight is 350 g/mol. The quantitative estimate of drug-likeness (QED) is 0.669. The van der Waals surface area contributed by atoms with E-state index in [9.17, 15) is 9.18 Å². The number of hydrogen-bond donors (Lipinski definition) is 1. The lowest BCUT2D eigenvalue weighted by atomic mass is 10.1. The number of aromatic nitrogens is 1. The number of nitrogens with zero attached hydrogens (tertiary/aromatic N) is 1. The summed E-state index contributed by atoms with van der Waals surface area (Å²) in [5.41, 5.74) is 4.15. The number of nitrogens with one attached hydrogen (secondary N) is 1. The fourth-order valence-corrected chi connectivity index (χ4v) is 2.97. The lowest BCUT2D eigenvalue weighted by molar-refractivity contribution is -0.131. The Bertz CT molecular complexity index is 855. The van der Waals surface area contributed by atoms with Crippen LogP contribution < -0.4 is 0 Å². The summed E-state index contributed by atoms with van der Waals surface area (Å²) in [4.78, 5) is 17.6. The van der Waals surface area contributed by atoms with Gasteiger partial charge >= 0.3 is 0 Å². The number of benzene rings is 2. The van der Waals surface area contributed by atoms with Crippen LogP contribution in [0.15, 0.2) is 66.7 Å². The highest BCUT2D eigenvalue weighted by molar-refractivity contribution is 5.76. The minimum Gasteiger partial charge on any atom is -0.358 e. The summed E-state index contributed by atoms with van der Waals surface area (Å²) in [7, 11) is 1.79. The van der Waals surface area contributed by atoms with Crippen LogP contribution in [0.5, 0.6) is 0 Å². The third-order valence-corrected chi connectivity index (χ3v) is 4.77. The number of amides is 1. The predicted molar refractivity (Wildman–Crippen MR) is 102 cm³/mol. The third kappa shape index (κ3) is 4.20. The van der Waals surface area contributed by atoms with E-state index >= 15 is 0 Å². The summed E-state index contributed by atoms with van der Waals surface area (Å²) < 4.78 is 13.1. The van der Waals surface area contributed by atoms with Gasteiger partial charge < -0.3 is 9.88 Å². The Kier molecular flexibility index (Phi) is 5.52. The highest BCUT2D eigenvalue weighted by Crippen LogP contribution is 2.21. The second kappa shape index (κ2) is 8.00. The molecule has 1 aromatic heterocycles. The van der Waals surface area contributed by atoms with Crippen LogP contribution in [-0.4, -0.2) is 22.8 Å². The minimum atomic E-state index is -0.268. The molecule has 0 bridgehead atoms. The molecule has 1 amide bonds. The molecule has 1 atom stereocenters. The zero-order chi connectivity index (χ0) is 18.5. The highest BCUT2D eigenvalue weighted by Gasteiger charge is 2.17. The highest BCUT2D eigenvalue weighted by atomic mass is 19.1. The van der Waals surface area contributed by atoms with Crippen LogP contribution in [0.1, 0.15) is 30.6 Å². The van der Waals surface area contributed by atoms with Gasteiger partial charge in [-0.15, -0.1) is 0 Å². The molecule has 0 aliphatic heterocycles. The van der Waals surface area contributed by atoms with Crippen LogP contribution in [0.4, 0.5) is 4.39 Å². The molecule has 3 rings (SSSR count). The molecule has 0 spiro atoms. The van der Waals surface area contributed by atoms with Crippen LogP contribution >= 0.6 is 0 Å².